The van der Waals surface area contributed by atoms with Crippen molar-refractivity contribution in [2.45, 2.75) is 142 Å². The Balaban J connectivity index is 3.85. The van der Waals surface area contributed by atoms with Gasteiger partial charge in [0.25, 0.3) is 0 Å². The fourth-order valence-corrected chi connectivity index (χ4v) is 3.97. The molecule has 0 aromatic heterocycles. The van der Waals surface area contributed by atoms with Crippen LogP contribution in [0.3, 0.4) is 0 Å². The average molecular weight is 401 g/mol. The molecule has 4 heteroatoms. The lowest BCUT2D eigenvalue weighted by atomic mass is 10.0. The Morgan fingerprint density at radius 2 is 1.18 bits per heavy atom. The maximum absolute atomic E-state index is 10.0. The van der Waals surface area contributed by atoms with Gasteiger partial charge >= 0.3 is 0 Å². The van der Waals surface area contributed by atoms with Gasteiger partial charge in [-0.2, -0.15) is 0 Å². The second-order valence-corrected chi connectivity index (χ2v) is 8.92. The highest BCUT2D eigenvalue weighted by molar-refractivity contribution is 4.78. The van der Waals surface area contributed by atoms with Gasteiger partial charge in [0, 0.05) is 25.2 Å². The summed E-state index contributed by atoms with van der Waals surface area (Å²) in [5, 5.41) is 19.8. The van der Waals surface area contributed by atoms with E-state index in [9.17, 15) is 10.2 Å². The lowest BCUT2D eigenvalue weighted by Crippen LogP contribution is -2.47. The molecule has 0 amide bonds. The molecule has 0 saturated carbocycles. The Morgan fingerprint density at radius 1 is 0.714 bits per heavy atom. The summed E-state index contributed by atoms with van der Waals surface area (Å²) in [5.41, 5.74) is 5.54. The summed E-state index contributed by atoms with van der Waals surface area (Å²) < 4.78 is 0. The minimum absolute atomic E-state index is 0.109. The molecule has 0 fully saturated rings. The molecular formula is C24H52N2O2. The number of nitrogens with two attached hydrogens (primary N) is 1. The smallest absolute Gasteiger partial charge is 0.0674 e. The monoisotopic (exact) mass is 400 g/mol. The summed E-state index contributed by atoms with van der Waals surface area (Å²) in [6.07, 6.45) is 17.5. The number of aliphatic hydroxyl groups is 2. The molecule has 0 saturated heterocycles. The van der Waals surface area contributed by atoms with Crippen LogP contribution in [0.2, 0.25) is 0 Å². The van der Waals surface area contributed by atoms with Gasteiger partial charge in [-0.25, -0.2) is 0 Å². The SMILES string of the molecule is CCCCCCCCCCCCCCC(C)N(CCC(O)CN)C(C)C(C)O. The van der Waals surface area contributed by atoms with Crippen LogP contribution in [0.4, 0.5) is 0 Å². The fourth-order valence-electron chi connectivity index (χ4n) is 3.97. The first kappa shape index (κ1) is 27.8. The van der Waals surface area contributed by atoms with Crippen molar-refractivity contribution in [2.75, 3.05) is 13.1 Å². The van der Waals surface area contributed by atoms with E-state index in [2.05, 4.69) is 25.7 Å². The Kier molecular flexibility index (Phi) is 18.7. The van der Waals surface area contributed by atoms with Gasteiger partial charge in [-0.05, 0) is 33.6 Å². The molecule has 0 aromatic carbocycles. The predicted molar refractivity (Wildman–Crippen MR) is 123 cm³/mol. The third-order valence-electron chi connectivity index (χ3n) is 6.26. The summed E-state index contributed by atoms with van der Waals surface area (Å²) in [6.45, 7) is 9.57. The molecule has 0 aromatic rings. The van der Waals surface area contributed by atoms with Crippen molar-refractivity contribution in [3.05, 3.63) is 0 Å². The number of hydrogen-bond acceptors (Lipinski definition) is 4. The highest BCUT2D eigenvalue weighted by Gasteiger charge is 2.23. The molecule has 0 rings (SSSR count). The van der Waals surface area contributed by atoms with Gasteiger partial charge in [-0.1, -0.05) is 84.0 Å². The number of unbranched alkanes of at least 4 members (excludes halogenated alkanes) is 11. The third kappa shape index (κ3) is 14.8. The van der Waals surface area contributed by atoms with E-state index in [0.29, 0.717) is 19.0 Å². The summed E-state index contributed by atoms with van der Waals surface area (Å²) in [4.78, 5) is 2.35. The molecule has 0 aliphatic rings. The number of rotatable bonds is 20. The molecule has 28 heavy (non-hydrogen) atoms. The number of nitrogens with zero attached hydrogens (tertiary/aromatic N) is 1. The number of hydrogen-bond donors (Lipinski definition) is 3. The quantitative estimate of drug-likeness (QED) is 0.244. The van der Waals surface area contributed by atoms with E-state index in [1.807, 2.05) is 6.92 Å². The van der Waals surface area contributed by atoms with Crippen molar-refractivity contribution < 1.29 is 10.2 Å². The maximum atomic E-state index is 10.0. The Morgan fingerprint density at radius 3 is 1.61 bits per heavy atom. The summed E-state index contributed by atoms with van der Waals surface area (Å²) >= 11 is 0. The average Bonchev–Trinajstić information content (AvgIpc) is 2.68. The Bertz CT molecular complexity index is 326. The van der Waals surface area contributed by atoms with Crippen LogP contribution in [0, 0.1) is 0 Å². The van der Waals surface area contributed by atoms with Crippen molar-refractivity contribution in [1.29, 1.82) is 0 Å². The summed E-state index contributed by atoms with van der Waals surface area (Å²) in [5.74, 6) is 0. The predicted octanol–water partition coefficient (Wildman–Crippen LogP) is 5.25. The summed E-state index contributed by atoms with van der Waals surface area (Å²) in [7, 11) is 0. The second kappa shape index (κ2) is 18.8. The standard InChI is InChI=1S/C24H52N2O2/c1-5-6-7-8-9-10-11-12-13-14-15-16-17-21(2)26(22(3)23(4)27)19-18-24(28)20-25/h21-24,27-28H,5-20,25H2,1-4H3. The maximum Gasteiger partial charge on any atom is 0.0674 e. The van der Waals surface area contributed by atoms with Gasteiger partial charge in [0.2, 0.25) is 0 Å². The highest BCUT2D eigenvalue weighted by Crippen LogP contribution is 2.18. The largest absolute Gasteiger partial charge is 0.392 e. The van der Waals surface area contributed by atoms with E-state index < -0.39 is 6.10 Å². The van der Waals surface area contributed by atoms with Crippen LogP contribution in [-0.4, -0.2) is 52.5 Å². The van der Waals surface area contributed by atoms with Gasteiger partial charge in [0.15, 0.2) is 0 Å². The number of aliphatic hydroxyl groups excluding tert-OH is 2. The second-order valence-electron chi connectivity index (χ2n) is 8.92. The molecule has 0 aliphatic carbocycles. The van der Waals surface area contributed by atoms with Crippen molar-refractivity contribution in [2.24, 2.45) is 5.73 Å². The van der Waals surface area contributed by atoms with E-state index in [0.717, 1.165) is 13.0 Å². The van der Waals surface area contributed by atoms with Crippen LogP contribution in [0.5, 0.6) is 0 Å². The molecule has 0 aliphatic heterocycles. The van der Waals surface area contributed by atoms with Crippen LogP contribution in [-0.2, 0) is 0 Å². The lowest BCUT2D eigenvalue weighted by Gasteiger charge is -2.36. The highest BCUT2D eigenvalue weighted by atomic mass is 16.3. The van der Waals surface area contributed by atoms with Crippen LogP contribution in [0.1, 0.15) is 118 Å². The minimum Gasteiger partial charge on any atom is -0.392 e. The van der Waals surface area contributed by atoms with E-state index in [-0.39, 0.29) is 12.1 Å². The van der Waals surface area contributed by atoms with Crippen molar-refractivity contribution >= 4 is 0 Å². The topological polar surface area (TPSA) is 69.7 Å². The molecule has 0 spiro atoms. The van der Waals surface area contributed by atoms with E-state index in [1.165, 1.54) is 77.0 Å². The van der Waals surface area contributed by atoms with E-state index in [4.69, 9.17) is 5.73 Å². The van der Waals surface area contributed by atoms with Crippen LogP contribution >= 0.6 is 0 Å². The first-order valence-electron chi connectivity index (χ1n) is 12.3. The van der Waals surface area contributed by atoms with Gasteiger partial charge in [-0.3, -0.25) is 4.90 Å². The van der Waals surface area contributed by atoms with Crippen LogP contribution < -0.4 is 5.73 Å². The zero-order chi connectivity index (χ0) is 21.2. The molecule has 4 atom stereocenters. The molecule has 0 bridgehead atoms. The molecule has 0 radical (unpaired) electrons. The van der Waals surface area contributed by atoms with Gasteiger partial charge in [-0.15, -0.1) is 0 Å². The van der Waals surface area contributed by atoms with Crippen molar-refractivity contribution in [3.63, 3.8) is 0 Å². The van der Waals surface area contributed by atoms with Crippen LogP contribution in [0.15, 0.2) is 0 Å². The van der Waals surface area contributed by atoms with Crippen LogP contribution in [0.25, 0.3) is 0 Å². The third-order valence-corrected chi connectivity index (χ3v) is 6.26. The minimum atomic E-state index is -0.442. The molecule has 4 N–H and O–H groups in total. The zero-order valence-corrected chi connectivity index (χ0v) is 19.5. The molecule has 4 nitrogen and oxygen atoms in total. The van der Waals surface area contributed by atoms with Gasteiger partial charge in [0.05, 0.1) is 12.2 Å². The molecule has 0 heterocycles. The van der Waals surface area contributed by atoms with Crippen molar-refractivity contribution in [3.8, 4) is 0 Å². The normalized spacial score (nSPS) is 16.3. The molecular weight excluding hydrogens is 348 g/mol. The van der Waals surface area contributed by atoms with Crippen molar-refractivity contribution in [1.82, 2.24) is 4.90 Å². The summed E-state index contributed by atoms with van der Waals surface area (Å²) in [6, 6.07) is 0.537. The van der Waals surface area contributed by atoms with E-state index in [1.54, 1.807) is 0 Å². The lowest BCUT2D eigenvalue weighted by molar-refractivity contribution is 0.0333. The first-order valence-corrected chi connectivity index (χ1v) is 12.3. The molecule has 170 valence electrons. The zero-order valence-electron chi connectivity index (χ0n) is 19.5. The van der Waals surface area contributed by atoms with E-state index >= 15 is 0 Å². The Labute approximate surface area is 176 Å². The molecule has 4 unspecified atom stereocenters. The van der Waals surface area contributed by atoms with Gasteiger partial charge in [0.1, 0.15) is 0 Å². The van der Waals surface area contributed by atoms with Gasteiger partial charge < -0.3 is 15.9 Å². The fraction of sp³-hybridized carbons (Fsp3) is 1.00. The Hall–Kier alpha value is -0.160. The first-order chi connectivity index (χ1) is 13.4.